The number of hydrogen-bond donors (Lipinski definition) is 3. The molecule has 178 valence electrons. The van der Waals surface area contributed by atoms with Gasteiger partial charge in [0.2, 0.25) is 11.8 Å². The average molecular weight is 461 g/mol. The van der Waals surface area contributed by atoms with Gasteiger partial charge in [0.25, 0.3) is 0 Å². The lowest BCUT2D eigenvalue weighted by Crippen LogP contribution is -2.56. The minimum absolute atomic E-state index is 0.0505. The average Bonchev–Trinajstić information content (AvgIpc) is 3.36. The Bertz CT molecular complexity index is 921. The minimum Gasteiger partial charge on any atom is -0.481 e. The third-order valence-corrected chi connectivity index (χ3v) is 6.10. The van der Waals surface area contributed by atoms with Gasteiger partial charge in [0.1, 0.15) is 24.7 Å². The molecule has 1 aromatic rings. The Morgan fingerprint density at radius 3 is 2.48 bits per heavy atom. The Kier molecular flexibility index (Phi) is 7.52. The number of carboxylic acid groups (broad SMARTS) is 2. The monoisotopic (exact) mass is 461 g/mol. The van der Waals surface area contributed by atoms with Crippen LogP contribution in [0.15, 0.2) is 30.3 Å². The first-order valence-corrected chi connectivity index (χ1v) is 10.8. The molecule has 2 aliphatic rings. The number of ether oxygens (including phenoxy) is 1. The first-order valence-electron chi connectivity index (χ1n) is 10.8. The van der Waals surface area contributed by atoms with Gasteiger partial charge in [-0.15, -0.1) is 0 Å². The molecule has 0 aliphatic carbocycles. The first kappa shape index (κ1) is 24.0. The van der Waals surface area contributed by atoms with Gasteiger partial charge >= 0.3 is 18.0 Å². The van der Waals surface area contributed by atoms with Crippen LogP contribution in [0, 0.1) is 0 Å². The van der Waals surface area contributed by atoms with Crippen LogP contribution in [-0.4, -0.2) is 81.1 Å². The van der Waals surface area contributed by atoms with Crippen LogP contribution >= 0.6 is 0 Å². The molecule has 1 aromatic carbocycles. The molecule has 11 nitrogen and oxygen atoms in total. The maximum atomic E-state index is 13.2. The van der Waals surface area contributed by atoms with Crippen LogP contribution in [0.2, 0.25) is 0 Å². The van der Waals surface area contributed by atoms with Gasteiger partial charge < -0.3 is 30.1 Å². The largest absolute Gasteiger partial charge is 0.481 e. The fourth-order valence-corrected chi connectivity index (χ4v) is 4.49. The molecule has 3 amide bonds. The number of rotatable bonds is 9. The van der Waals surface area contributed by atoms with E-state index < -0.39 is 41.4 Å². The second-order valence-corrected chi connectivity index (χ2v) is 8.13. The molecule has 33 heavy (non-hydrogen) atoms. The molecule has 0 aromatic heterocycles. The molecule has 0 radical (unpaired) electrons. The van der Waals surface area contributed by atoms with E-state index in [0.29, 0.717) is 19.4 Å². The molecule has 3 rings (SSSR count). The lowest BCUT2D eigenvalue weighted by Gasteiger charge is -2.34. The van der Waals surface area contributed by atoms with E-state index in [0.717, 1.165) is 5.56 Å². The van der Waals surface area contributed by atoms with Gasteiger partial charge in [0.05, 0.1) is 0 Å². The van der Waals surface area contributed by atoms with Crippen LogP contribution in [-0.2, 0) is 30.5 Å². The molecule has 2 atom stereocenters. The van der Waals surface area contributed by atoms with Gasteiger partial charge in [-0.25, -0.2) is 9.59 Å². The van der Waals surface area contributed by atoms with E-state index in [1.54, 1.807) is 12.1 Å². The van der Waals surface area contributed by atoms with Crippen molar-refractivity contribution >= 4 is 29.8 Å². The third-order valence-electron chi connectivity index (χ3n) is 6.10. The molecular weight excluding hydrogens is 434 g/mol. The summed E-state index contributed by atoms with van der Waals surface area (Å²) in [5.41, 5.74) is -0.367. The highest BCUT2D eigenvalue weighted by molar-refractivity contribution is 5.96. The van der Waals surface area contributed by atoms with Crippen LogP contribution in [0.3, 0.4) is 0 Å². The van der Waals surface area contributed by atoms with E-state index in [-0.39, 0.29) is 39.0 Å². The van der Waals surface area contributed by atoms with Crippen molar-refractivity contribution in [2.24, 2.45) is 0 Å². The van der Waals surface area contributed by atoms with Crippen molar-refractivity contribution in [3.63, 3.8) is 0 Å². The molecule has 0 unspecified atom stereocenters. The quantitative estimate of drug-likeness (QED) is 0.489. The van der Waals surface area contributed by atoms with Crippen molar-refractivity contribution < 1.29 is 38.9 Å². The topological polar surface area (TPSA) is 154 Å². The van der Waals surface area contributed by atoms with Crippen LogP contribution < -0.4 is 5.32 Å². The molecule has 1 spiro atoms. The molecule has 2 saturated heterocycles. The Labute approximate surface area is 190 Å². The van der Waals surface area contributed by atoms with Gasteiger partial charge in [0.15, 0.2) is 0 Å². The number of carbonyl (C=O) groups is 5. The highest BCUT2D eigenvalue weighted by Gasteiger charge is 2.56. The fraction of sp³-hybridized carbons (Fsp3) is 0.500. The number of hydrogen-bond acceptors (Lipinski definition) is 6. The van der Waals surface area contributed by atoms with E-state index in [4.69, 9.17) is 9.84 Å². The lowest BCUT2D eigenvalue weighted by molar-refractivity contribution is -0.154. The minimum atomic E-state index is -1.28. The van der Waals surface area contributed by atoms with Crippen molar-refractivity contribution in [2.45, 2.75) is 50.3 Å². The summed E-state index contributed by atoms with van der Waals surface area (Å²) in [7, 11) is 0. The molecule has 2 heterocycles. The van der Waals surface area contributed by atoms with Crippen LogP contribution in [0.25, 0.3) is 0 Å². The third kappa shape index (κ3) is 5.41. The first-order chi connectivity index (χ1) is 15.7. The van der Waals surface area contributed by atoms with E-state index in [9.17, 15) is 29.1 Å². The van der Waals surface area contributed by atoms with Crippen LogP contribution in [0.4, 0.5) is 4.79 Å². The van der Waals surface area contributed by atoms with Crippen LogP contribution in [0.5, 0.6) is 0 Å². The number of carbonyl (C=O) groups excluding carboxylic acids is 3. The summed E-state index contributed by atoms with van der Waals surface area (Å²) in [6.45, 7) is 0.122. The maximum absolute atomic E-state index is 13.2. The SMILES string of the molecule is O=C(O)CC[C@@H](C(=O)O)N1CC[C@]2(CCCN2C(=O)CNC(=O)OCc2ccccc2)C1=O. The molecule has 3 N–H and O–H groups in total. The van der Waals surface area contributed by atoms with E-state index in [1.807, 2.05) is 18.2 Å². The van der Waals surface area contributed by atoms with E-state index in [2.05, 4.69) is 5.32 Å². The zero-order valence-electron chi connectivity index (χ0n) is 18.1. The Hall–Kier alpha value is -3.63. The van der Waals surface area contributed by atoms with Crippen molar-refractivity contribution in [1.29, 1.82) is 0 Å². The summed E-state index contributed by atoms with van der Waals surface area (Å²) in [6, 6.07) is 7.79. The standard InChI is InChI=1S/C22H27N3O8/c26-17(13-23-21(32)33-14-15-5-2-1-3-6-15)25-11-4-9-22(25)10-12-24(20(22)31)16(19(29)30)7-8-18(27)28/h1-3,5-6,16H,4,7-14H2,(H,23,32)(H,27,28)(H,29,30)/t16-,22+/m0/s1. The van der Waals surface area contributed by atoms with Gasteiger partial charge in [-0.2, -0.15) is 0 Å². The molecule has 2 aliphatic heterocycles. The maximum Gasteiger partial charge on any atom is 0.407 e. The number of benzene rings is 1. The Balaban J connectivity index is 1.59. The second-order valence-electron chi connectivity index (χ2n) is 8.13. The number of amides is 3. The number of nitrogens with one attached hydrogen (secondary N) is 1. The zero-order chi connectivity index (χ0) is 24.0. The summed E-state index contributed by atoms with van der Waals surface area (Å²) in [6.07, 6.45) is -0.151. The number of likely N-dealkylation sites (tertiary alicyclic amines) is 2. The molecular formula is C22H27N3O8. The number of carboxylic acids is 2. The Morgan fingerprint density at radius 2 is 1.82 bits per heavy atom. The van der Waals surface area contributed by atoms with Crippen molar-refractivity contribution in [3.05, 3.63) is 35.9 Å². The highest BCUT2D eigenvalue weighted by atomic mass is 16.5. The molecule has 0 bridgehead atoms. The van der Waals surface area contributed by atoms with Crippen LogP contribution in [0.1, 0.15) is 37.7 Å². The summed E-state index contributed by atoms with van der Waals surface area (Å²) in [4.78, 5) is 63.2. The molecule has 11 heteroatoms. The van der Waals surface area contributed by atoms with Crippen molar-refractivity contribution in [1.82, 2.24) is 15.1 Å². The molecule has 0 saturated carbocycles. The fourth-order valence-electron chi connectivity index (χ4n) is 4.49. The summed E-state index contributed by atoms with van der Waals surface area (Å²) < 4.78 is 5.09. The smallest absolute Gasteiger partial charge is 0.407 e. The number of aliphatic carboxylic acids is 2. The van der Waals surface area contributed by atoms with Crippen molar-refractivity contribution in [2.75, 3.05) is 19.6 Å². The number of alkyl carbamates (subject to hydrolysis) is 1. The molecule has 2 fully saturated rings. The van der Waals surface area contributed by atoms with Gasteiger partial charge in [-0.3, -0.25) is 14.4 Å². The summed E-state index contributed by atoms with van der Waals surface area (Å²) in [5, 5.41) is 20.8. The predicted octanol–water partition coefficient (Wildman–Crippen LogP) is 0.824. The van der Waals surface area contributed by atoms with Gasteiger partial charge in [-0.05, 0) is 31.2 Å². The van der Waals surface area contributed by atoms with E-state index in [1.165, 1.54) is 9.80 Å². The highest BCUT2D eigenvalue weighted by Crippen LogP contribution is 2.40. The van der Waals surface area contributed by atoms with Gasteiger partial charge in [0, 0.05) is 19.5 Å². The zero-order valence-corrected chi connectivity index (χ0v) is 18.1. The van der Waals surface area contributed by atoms with E-state index >= 15 is 0 Å². The van der Waals surface area contributed by atoms with Gasteiger partial charge in [-0.1, -0.05) is 30.3 Å². The lowest BCUT2D eigenvalue weighted by atomic mass is 9.94. The summed E-state index contributed by atoms with van der Waals surface area (Å²) >= 11 is 0. The second kappa shape index (κ2) is 10.3. The normalized spacial score (nSPS) is 20.7. The Morgan fingerprint density at radius 1 is 1.09 bits per heavy atom. The van der Waals surface area contributed by atoms with Crippen molar-refractivity contribution in [3.8, 4) is 0 Å². The predicted molar refractivity (Wildman–Crippen MR) is 113 cm³/mol. The number of nitrogens with zero attached hydrogens (tertiary/aromatic N) is 2. The summed E-state index contributed by atoms with van der Waals surface area (Å²) in [5.74, 6) is -3.37.